The third-order valence-corrected chi connectivity index (χ3v) is 6.72. The van der Waals surface area contributed by atoms with Gasteiger partial charge in [-0.3, -0.25) is 4.98 Å². The molecule has 0 atom stereocenters. The lowest BCUT2D eigenvalue weighted by Gasteiger charge is -2.40. The minimum atomic E-state index is -4.38. The molecule has 8 heteroatoms. The van der Waals surface area contributed by atoms with Gasteiger partial charge in [-0.1, -0.05) is 12.5 Å². The van der Waals surface area contributed by atoms with Crippen LogP contribution in [0.4, 0.5) is 24.5 Å². The minimum absolute atomic E-state index is 0.0575. The average Bonchev–Trinajstić information content (AvgIpc) is 2.89. The molecule has 2 aromatic rings. The van der Waals surface area contributed by atoms with Crippen LogP contribution in [0, 0.1) is 0 Å². The summed E-state index contributed by atoms with van der Waals surface area (Å²) in [4.78, 5) is 13.3. The molecule has 0 saturated carbocycles. The highest BCUT2D eigenvalue weighted by molar-refractivity contribution is 5.79. The number of hydrogen-bond acceptors (Lipinski definition) is 5. The van der Waals surface area contributed by atoms with E-state index in [1.807, 2.05) is 19.2 Å². The number of piperidine rings is 1. The van der Waals surface area contributed by atoms with Crippen LogP contribution in [0.3, 0.4) is 0 Å². The molecule has 3 rings (SSSR count). The van der Waals surface area contributed by atoms with Crippen molar-refractivity contribution in [3.8, 4) is 5.75 Å². The monoisotopic (exact) mass is 500 g/mol. The standard InChI is InChI=1S/C28H35F3N4O/c1-6-20(3)21(4)18-33-27(7-2)34-16-13-24(14-17-34)35(25-19-32-15-12-26(25)36-5)23-10-8-22(9-11-23)28(29,30)31/h7-12,15,18-19,24H,6,13-14,16-17H2,1-5H3/b21-20+,27-7+,33-18-. The number of aliphatic imine (C=N–C) groups is 1. The number of hydrogen-bond donors (Lipinski definition) is 0. The van der Waals surface area contributed by atoms with Crippen molar-refractivity contribution in [2.75, 3.05) is 25.1 Å². The molecule has 0 bridgehead atoms. The van der Waals surface area contributed by atoms with E-state index in [1.165, 1.54) is 23.3 Å². The lowest BCUT2D eigenvalue weighted by atomic mass is 10.0. The summed E-state index contributed by atoms with van der Waals surface area (Å²) >= 11 is 0. The van der Waals surface area contributed by atoms with Gasteiger partial charge in [0.25, 0.3) is 0 Å². The Hall–Kier alpha value is -3.29. The van der Waals surface area contributed by atoms with Crippen LogP contribution in [0.1, 0.15) is 52.5 Å². The zero-order chi connectivity index (χ0) is 26.3. The number of alkyl halides is 3. The molecule has 0 spiro atoms. The van der Waals surface area contributed by atoms with E-state index < -0.39 is 11.7 Å². The highest BCUT2D eigenvalue weighted by Crippen LogP contribution is 2.39. The molecule has 1 fully saturated rings. The summed E-state index contributed by atoms with van der Waals surface area (Å²) in [5, 5.41) is 0. The lowest BCUT2D eigenvalue weighted by Crippen LogP contribution is -2.42. The number of anilines is 2. The van der Waals surface area contributed by atoms with Crippen LogP contribution in [0.25, 0.3) is 0 Å². The van der Waals surface area contributed by atoms with Gasteiger partial charge in [0.2, 0.25) is 0 Å². The second kappa shape index (κ2) is 12.1. The van der Waals surface area contributed by atoms with E-state index in [0.29, 0.717) is 11.4 Å². The Kier molecular flexibility index (Phi) is 9.18. The highest BCUT2D eigenvalue weighted by Gasteiger charge is 2.32. The topological polar surface area (TPSA) is 41.0 Å². The van der Waals surface area contributed by atoms with Crippen molar-refractivity contribution in [2.45, 2.75) is 59.2 Å². The Balaban J connectivity index is 1.86. The highest BCUT2D eigenvalue weighted by atomic mass is 19.4. The first-order valence-corrected chi connectivity index (χ1v) is 12.3. The second-order valence-electron chi connectivity index (χ2n) is 8.90. The summed E-state index contributed by atoms with van der Waals surface area (Å²) in [6.45, 7) is 9.86. The number of allylic oxidation sites excluding steroid dienone is 3. The Bertz CT molecular complexity index is 1100. The van der Waals surface area contributed by atoms with Crippen molar-refractivity contribution in [1.29, 1.82) is 0 Å². The molecule has 0 N–H and O–H groups in total. The summed E-state index contributed by atoms with van der Waals surface area (Å²) in [6, 6.07) is 7.12. The first kappa shape index (κ1) is 27.3. The van der Waals surface area contributed by atoms with Crippen LogP contribution in [0.2, 0.25) is 0 Å². The fourth-order valence-corrected chi connectivity index (χ4v) is 4.33. The van der Waals surface area contributed by atoms with E-state index >= 15 is 0 Å². The number of pyridine rings is 1. The van der Waals surface area contributed by atoms with Gasteiger partial charge in [0.1, 0.15) is 17.3 Å². The third-order valence-electron chi connectivity index (χ3n) is 6.72. The normalized spacial score (nSPS) is 16.3. The zero-order valence-electron chi connectivity index (χ0n) is 21.6. The number of aromatic nitrogens is 1. The van der Waals surface area contributed by atoms with Crippen LogP contribution >= 0.6 is 0 Å². The van der Waals surface area contributed by atoms with Gasteiger partial charge in [0.15, 0.2) is 0 Å². The van der Waals surface area contributed by atoms with Gasteiger partial charge in [-0.15, -0.1) is 0 Å². The largest absolute Gasteiger partial charge is 0.494 e. The smallest absolute Gasteiger partial charge is 0.416 e. The molecule has 0 unspecified atom stereocenters. The van der Waals surface area contributed by atoms with Crippen molar-refractivity contribution < 1.29 is 17.9 Å². The van der Waals surface area contributed by atoms with Crippen molar-refractivity contribution in [1.82, 2.24) is 9.88 Å². The number of methoxy groups -OCH3 is 1. The Morgan fingerprint density at radius 3 is 2.39 bits per heavy atom. The molecule has 36 heavy (non-hydrogen) atoms. The lowest BCUT2D eigenvalue weighted by molar-refractivity contribution is -0.137. The van der Waals surface area contributed by atoms with Gasteiger partial charge in [0, 0.05) is 43.3 Å². The second-order valence-corrected chi connectivity index (χ2v) is 8.90. The average molecular weight is 501 g/mol. The zero-order valence-corrected chi connectivity index (χ0v) is 21.6. The number of halogens is 3. The fraction of sp³-hybridized carbons (Fsp3) is 0.429. The van der Waals surface area contributed by atoms with Gasteiger partial charge >= 0.3 is 6.18 Å². The molecule has 1 aromatic carbocycles. The molecular weight excluding hydrogens is 465 g/mol. The van der Waals surface area contributed by atoms with Crippen LogP contribution in [0.5, 0.6) is 5.75 Å². The van der Waals surface area contributed by atoms with Gasteiger partial charge in [-0.2, -0.15) is 13.2 Å². The Morgan fingerprint density at radius 2 is 1.83 bits per heavy atom. The maximum absolute atomic E-state index is 13.2. The summed E-state index contributed by atoms with van der Waals surface area (Å²) in [5.41, 5.74) is 3.22. The number of likely N-dealkylation sites (tertiary alicyclic amines) is 1. The van der Waals surface area contributed by atoms with Crippen LogP contribution in [-0.4, -0.2) is 42.3 Å². The van der Waals surface area contributed by atoms with Crippen LogP contribution < -0.4 is 9.64 Å². The van der Waals surface area contributed by atoms with Crippen molar-refractivity contribution >= 4 is 17.6 Å². The first-order chi connectivity index (χ1) is 17.2. The Morgan fingerprint density at radius 1 is 1.17 bits per heavy atom. The van der Waals surface area contributed by atoms with E-state index in [0.717, 1.165) is 56.0 Å². The third kappa shape index (κ3) is 6.47. The molecule has 2 heterocycles. The van der Waals surface area contributed by atoms with E-state index in [2.05, 4.69) is 35.6 Å². The molecule has 1 aliphatic rings. The number of ether oxygens (including phenoxy) is 1. The first-order valence-electron chi connectivity index (χ1n) is 12.3. The van der Waals surface area contributed by atoms with Gasteiger partial charge < -0.3 is 14.5 Å². The van der Waals surface area contributed by atoms with Crippen LogP contribution in [-0.2, 0) is 6.18 Å². The van der Waals surface area contributed by atoms with Gasteiger partial charge in [0.05, 0.1) is 18.9 Å². The molecule has 1 aliphatic heterocycles. The SMILES string of the molecule is C\C=C(/N=C\C(C)=C(/C)CC)N1CCC(N(c2ccc(C(F)(F)F)cc2)c2cnccc2OC)CC1. The summed E-state index contributed by atoms with van der Waals surface area (Å²) < 4.78 is 45.1. The maximum atomic E-state index is 13.2. The van der Waals surface area contributed by atoms with Gasteiger partial charge in [-0.25, -0.2) is 4.99 Å². The molecule has 194 valence electrons. The summed E-state index contributed by atoms with van der Waals surface area (Å²) in [5.74, 6) is 1.55. The minimum Gasteiger partial charge on any atom is -0.494 e. The summed E-state index contributed by atoms with van der Waals surface area (Å²) in [6.07, 6.45) is 5.50. The summed E-state index contributed by atoms with van der Waals surface area (Å²) in [7, 11) is 1.58. The predicted molar refractivity (Wildman–Crippen MR) is 140 cm³/mol. The number of benzene rings is 1. The van der Waals surface area contributed by atoms with Crippen molar-refractivity contribution in [2.24, 2.45) is 4.99 Å². The quantitative estimate of drug-likeness (QED) is 0.354. The van der Waals surface area contributed by atoms with Gasteiger partial charge in [-0.05, 0) is 75.9 Å². The number of nitrogens with zero attached hydrogens (tertiary/aromatic N) is 4. The molecule has 0 aliphatic carbocycles. The fourth-order valence-electron chi connectivity index (χ4n) is 4.33. The molecular formula is C28H35F3N4O. The molecule has 5 nitrogen and oxygen atoms in total. The van der Waals surface area contributed by atoms with E-state index in [1.54, 1.807) is 25.6 Å². The maximum Gasteiger partial charge on any atom is 0.416 e. The van der Waals surface area contributed by atoms with Crippen LogP contribution in [0.15, 0.2) is 70.8 Å². The molecule has 1 saturated heterocycles. The molecule has 0 amide bonds. The van der Waals surface area contributed by atoms with Crippen molar-refractivity contribution in [3.63, 3.8) is 0 Å². The number of rotatable bonds is 8. The van der Waals surface area contributed by atoms with E-state index in [9.17, 15) is 13.2 Å². The molecule has 1 aromatic heterocycles. The molecule has 0 radical (unpaired) electrons. The predicted octanol–water partition coefficient (Wildman–Crippen LogP) is 7.39. The van der Waals surface area contributed by atoms with E-state index in [-0.39, 0.29) is 6.04 Å². The van der Waals surface area contributed by atoms with Crippen molar-refractivity contribution in [3.05, 3.63) is 71.3 Å². The Labute approximate surface area is 212 Å². The van der Waals surface area contributed by atoms with E-state index in [4.69, 9.17) is 9.73 Å².